The minimum atomic E-state index is -0.393. The average Bonchev–Trinajstić information content (AvgIpc) is 2.80. The Labute approximate surface area is 108 Å². The third-order valence-electron chi connectivity index (χ3n) is 3.76. The van der Waals surface area contributed by atoms with Crippen LogP contribution in [0.25, 0.3) is 0 Å². The Hall–Kier alpha value is -0.940. The Morgan fingerprint density at radius 1 is 1.39 bits per heavy atom. The smallest absolute Gasteiger partial charge is 0.231 e. The van der Waals surface area contributed by atoms with Gasteiger partial charge < -0.3 is 15.0 Å². The molecule has 0 saturated carbocycles. The Morgan fingerprint density at radius 3 is 2.72 bits per heavy atom. The molecule has 102 valence electrons. The van der Waals surface area contributed by atoms with E-state index >= 15 is 0 Å². The van der Waals surface area contributed by atoms with Crippen molar-refractivity contribution in [3.8, 4) is 0 Å². The molecule has 0 spiro atoms. The van der Waals surface area contributed by atoms with Gasteiger partial charge in [-0.25, -0.2) is 0 Å². The Morgan fingerprint density at radius 2 is 2.17 bits per heavy atom. The minimum Gasteiger partial charge on any atom is -0.367 e. The molecule has 2 atom stereocenters. The van der Waals surface area contributed by atoms with Crippen molar-refractivity contribution < 1.29 is 9.26 Å². The van der Waals surface area contributed by atoms with Gasteiger partial charge in [0.05, 0.1) is 5.92 Å². The van der Waals surface area contributed by atoms with Crippen molar-refractivity contribution in [1.82, 2.24) is 10.1 Å². The van der Waals surface area contributed by atoms with Crippen molar-refractivity contribution >= 4 is 0 Å². The highest BCUT2D eigenvalue weighted by atomic mass is 16.5. The van der Waals surface area contributed by atoms with Gasteiger partial charge in [0.1, 0.15) is 5.60 Å². The van der Waals surface area contributed by atoms with Crippen molar-refractivity contribution in [3.63, 3.8) is 0 Å². The van der Waals surface area contributed by atoms with E-state index in [0.29, 0.717) is 24.2 Å². The lowest BCUT2D eigenvalue weighted by molar-refractivity contribution is -0.0770. The van der Waals surface area contributed by atoms with Gasteiger partial charge >= 0.3 is 0 Å². The van der Waals surface area contributed by atoms with Gasteiger partial charge in [-0.3, -0.25) is 0 Å². The van der Waals surface area contributed by atoms with Gasteiger partial charge in [0.2, 0.25) is 11.7 Å². The third kappa shape index (κ3) is 2.57. The molecule has 0 aliphatic carbocycles. The number of ether oxygens (including phenoxy) is 1. The van der Waals surface area contributed by atoms with Crippen LogP contribution in [0.5, 0.6) is 0 Å². The summed E-state index contributed by atoms with van der Waals surface area (Å²) in [4.78, 5) is 4.52. The molecular formula is C13H23N3O2. The minimum absolute atomic E-state index is 0.124. The van der Waals surface area contributed by atoms with Gasteiger partial charge in [0, 0.05) is 13.2 Å². The summed E-state index contributed by atoms with van der Waals surface area (Å²) in [6, 6.07) is 0. The van der Waals surface area contributed by atoms with Crippen LogP contribution in [0, 0.1) is 5.92 Å². The number of hydrogen-bond donors (Lipinski definition) is 1. The summed E-state index contributed by atoms with van der Waals surface area (Å²) < 4.78 is 11.2. The molecule has 1 aromatic rings. The largest absolute Gasteiger partial charge is 0.367 e. The van der Waals surface area contributed by atoms with E-state index in [1.807, 2.05) is 6.92 Å². The monoisotopic (exact) mass is 253 g/mol. The predicted octanol–water partition coefficient (Wildman–Crippen LogP) is 2.18. The molecule has 0 bridgehead atoms. The molecule has 1 aliphatic rings. The molecular weight excluding hydrogens is 230 g/mol. The number of aromatic nitrogens is 2. The zero-order valence-electron chi connectivity index (χ0n) is 11.5. The molecule has 1 aliphatic heterocycles. The fourth-order valence-corrected chi connectivity index (χ4v) is 2.37. The third-order valence-corrected chi connectivity index (χ3v) is 3.76. The van der Waals surface area contributed by atoms with Gasteiger partial charge in [0.25, 0.3) is 0 Å². The van der Waals surface area contributed by atoms with E-state index in [4.69, 9.17) is 15.0 Å². The van der Waals surface area contributed by atoms with Gasteiger partial charge in [-0.15, -0.1) is 0 Å². The zero-order chi connectivity index (χ0) is 13.2. The molecule has 2 heterocycles. The van der Waals surface area contributed by atoms with Crippen LogP contribution in [0.3, 0.4) is 0 Å². The molecule has 0 amide bonds. The number of nitrogens with two attached hydrogens (primary N) is 1. The molecule has 2 rings (SSSR count). The lowest BCUT2D eigenvalue weighted by Crippen LogP contribution is -2.31. The predicted molar refractivity (Wildman–Crippen MR) is 68.1 cm³/mol. The molecule has 5 heteroatoms. The highest BCUT2D eigenvalue weighted by Crippen LogP contribution is 2.33. The summed E-state index contributed by atoms with van der Waals surface area (Å²) in [6.07, 6.45) is 3.20. The molecule has 0 radical (unpaired) electrons. The van der Waals surface area contributed by atoms with Crippen molar-refractivity contribution in [1.29, 1.82) is 0 Å². The van der Waals surface area contributed by atoms with E-state index in [0.717, 1.165) is 25.9 Å². The van der Waals surface area contributed by atoms with Crippen molar-refractivity contribution in [3.05, 3.63) is 11.7 Å². The fourth-order valence-electron chi connectivity index (χ4n) is 2.37. The number of hydrogen-bond acceptors (Lipinski definition) is 5. The molecule has 2 N–H and O–H groups in total. The van der Waals surface area contributed by atoms with E-state index in [2.05, 4.69) is 24.0 Å². The molecule has 1 saturated heterocycles. The summed E-state index contributed by atoms with van der Waals surface area (Å²) >= 11 is 0. The van der Waals surface area contributed by atoms with E-state index in [1.165, 1.54) is 0 Å². The first kappa shape index (κ1) is 13.5. The van der Waals surface area contributed by atoms with Crippen LogP contribution in [0.1, 0.15) is 57.7 Å². The molecule has 1 aromatic heterocycles. The SMILES string of the molecule is CC(C)C(CN)c1nc(C2(C)CCCCO2)no1. The summed E-state index contributed by atoms with van der Waals surface area (Å²) in [5.41, 5.74) is 5.37. The first-order valence-electron chi connectivity index (χ1n) is 6.75. The highest BCUT2D eigenvalue weighted by Gasteiger charge is 2.36. The van der Waals surface area contributed by atoms with E-state index in [1.54, 1.807) is 0 Å². The van der Waals surface area contributed by atoms with E-state index in [9.17, 15) is 0 Å². The molecule has 1 fully saturated rings. The molecule has 5 nitrogen and oxygen atoms in total. The molecule has 18 heavy (non-hydrogen) atoms. The molecule has 0 aromatic carbocycles. The maximum atomic E-state index is 5.82. The van der Waals surface area contributed by atoms with Crippen LogP contribution in [-0.2, 0) is 10.3 Å². The van der Waals surface area contributed by atoms with Crippen molar-refractivity contribution in [2.75, 3.05) is 13.2 Å². The first-order chi connectivity index (χ1) is 8.57. The van der Waals surface area contributed by atoms with Gasteiger partial charge in [-0.2, -0.15) is 4.98 Å². The second-order valence-corrected chi connectivity index (χ2v) is 5.58. The highest BCUT2D eigenvalue weighted by molar-refractivity contribution is 5.04. The zero-order valence-corrected chi connectivity index (χ0v) is 11.5. The van der Waals surface area contributed by atoms with Crippen LogP contribution in [0.2, 0.25) is 0 Å². The average molecular weight is 253 g/mol. The summed E-state index contributed by atoms with van der Waals surface area (Å²) in [7, 11) is 0. The quantitative estimate of drug-likeness (QED) is 0.890. The van der Waals surface area contributed by atoms with Crippen molar-refractivity contribution in [2.24, 2.45) is 11.7 Å². The van der Waals surface area contributed by atoms with Crippen LogP contribution in [0.4, 0.5) is 0 Å². The Balaban J connectivity index is 2.19. The second kappa shape index (κ2) is 5.36. The van der Waals surface area contributed by atoms with Gasteiger partial charge in [-0.1, -0.05) is 19.0 Å². The van der Waals surface area contributed by atoms with Crippen molar-refractivity contribution in [2.45, 2.75) is 51.6 Å². The second-order valence-electron chi connectivity index (χ2n) is 5.58. The topological polar surface area (TPSA) is 74.2 Å². The van der Waals surface area contributed by atoms with Crippen LogP contribution >= 0.6 is 0 Å². The normalized spacial score (nSPS) is 26.5. The van der Waals surface area contributed by atoms with Gasteiger partial charge in [0.15, 0.2) is 0 Å². The molecule has 2 unspecified atom stereocenters. The lowest BCUT2D eigenvalue weighted by Gasteiger charge is -2.30. The van der Waals surface area contributed by atoms with E-state index < -0.39 is 5.60 Å². The fraction of sp³-hybridized carbons (Fsp3) is 0.846. The summed E-state index contributed by atoms with van der Waals surface area (Å²) in [6.45, 7) is 7.55. The summed E-state index contributed by atoms with van der Waals surface area (Å²) in [5, 5.41) is 4.10. The van der Waals surface area contributed by atoms with E-state index in [-0.39, 0.29) is 5.92 Å². The standard InChI is InChI=1S/C13H23N3O2/c1-9(2)10(8-14)11-15-12(16-18-11)13(3)6-4-5-7-17-13/h9-10H,4-8,14H2,1-3H3. The first-order valence-corrected chi connectivity index (χ1v) is 6.75. The van der Waals surface area contributed by atoms with Crippen LogP contribution < -0.4 is 5.73 Å². The Kier molecular flexibility index (Phi) is 4.02. The lowest BCUT2D eigenvalue weighted by atomic mass is 9.94. The maximum Gasteiger partial charge on any atom is 0.231 e. The number of nitrogens with zero attached hydrogens (tertiary/aromatic N) is 2. The Bertz CT molecular complexity index is 383. The maximum absolute atomic E-state index is 5.82. The summed E-state index contributed by atoms with van der Waals surface area (Å²) in [5.74, 6) is 1.82. The van der Waals surface area contributed by atoms with Crippen LogP contribution in [0.15, 0.2) is 4.52 Å². The number of rotatable bonds is 4. The van der Waals surface area contributed by atoms with Gasteiger partial charge in [-0.05, 0) is 32.1 Å². The van der Waals surface area contributed by atoms with Crippen LogP contribution in [-0.4, -0.2) is 23.3 Å².